The maximum atomic E-state index is 4.52. The van der Waals surface area contributed by atoms with Crippen LogP contribution in [0.25, 0.3) is 10.7 Å². The Morgan fingerprint density at radius 3 is 3.07 bits per heavy atom. The summed E-state index contributed by atoms with van der Waals surface area (Å²) < 4.78 is 0. The van der Waals surface area contributed by atoms with Crippen LogP contribution in [0.1, 0.15) is 11.3 Å². The van der Waals surface area contributed by atoms with E-state index in [1.807, 2.05) is 19.3 Å². The Bertz CT molecular complexity index is 451. The summed E-state index contributed by atoms with van der Waals surface area (Å²) in [4.78, 5) is 8.87. The zero-order valence-electron chi connectivity index (χ0n) is 8.82. The van der Waals surface area contributed by atoms with Gasteiger partial charge in [-0.25, -0.2) is 4.98 Å². The minimum atomic E-state index is 0.808. The summed E-state index contributed by atoms with van der Waals surface area (Å²) in [5.74, 6) is 0. The second-order valence-electron chi connectivity index (χ2n) is 3.34. The van der Waals surface area contributed by atoms with Crippen molar-refractivity contribution in [2.75, 3.05) is 7.05 Å². The molecule has 0 spiro atoms. The molecule has 0 bridgehead atoms. The van der Waals surface area contributed by atoms with Crippen molar-refractivity contribution in [2.45, 2.75) is 13.5 Å². The van der Waals surface area contributed by atoms with Crippen LogP contribution in [0.3, 0.4) is 0 Å². The van der Waals surface area contributed by atoms with E-state index < -0.39 is 0 Å². The molecule has 0 radical (unpaired) electrons. The SMILES string of the molecule is CNCc1csc(-c2ncccc2C)n1. The summed E-state index contributed by atoms with van der Waals surface area (Å²) in [6, 6.07) is 4.00. The topological polar surface area (TPSA) is 37.8 Å². The number of rotatable bonds is 3. The molecule has 2 aromatic heterocycles. The maximum Gasteiger partial charge on any atom is 0.142 e. The predicted molar refractivity (Wildman–Crippen MR) is 62.8 cm³/mol. The highest BCUT2D eigenvalue weighted by molar-refractivity contribution is 7.13. The van der Waals surface area contributed by atoms with E-state index >= 15 is 0 Å². The van der Waals surface area contributed by atoms with Crippen LogP contribution >= 0.6 is 11.3 Å². The van der Waals surface area contributed by atoms with E-state index in [9.17, 15) is 0 Å². The van der Waals surface area contributed by atoms with Gasteiger partial charge in [0, 0.05) is 18.1 Å². The minimum absolute atomic E-state index is 0.808. The number of hydrogen-bond acceptors (Lipinski definition) is 4. The molecule has 4 heteroatoms. The number of nitrogens with zero attached hydrogens (tertiary/aromatic N) is 2. The highest BCUT2D eigenvalue weighted by Crippen LogP contribution is 2.24. The van der Waals surface area contributed by atoms with Gasteiger partial charge >= 0.3 is 0 Å². The minimum Gasteiger partial charge on any atom is -0.314 e. The first kappa shape index (κ1) is 10.3. The Morgan fingerprint density at radius 2 is 2.33 bits per heavy atom. The molecule has 3 nitrogen and oxygen atoms in total. The number of pyridine rings is 1. The first-order valence-corrected chi connectivity index (χ1v) is 5.70. The molecule has 0 atom stereocenters. The van der Waals surface area contributed by atoms with Crippen molar-refractivity contribution in [3.63, 3.8) is 0 Å². The normalized spacial score (nSPS) is 10.5. The lowest BCUT2D eigenvalue weighted by Crippen LogP contribution is -2.05. The number of hydrogen-bond donors (Lipinski definition) is 1. The quantitative estimate of drug-likeness (QED) is 0.860. The number of aromatic nitrogens is 2. The molecule has 0 aromatic carbocycles. The van der Waals surface area contributed by atoms with Crippen LogP contribution in [0.5, 0.6) is 0 Å². The van der Waals surface area contributed by atoms with Crippen LogP contribution in [0.2, 0.25) is 0 Å². The summed E-state index contributed by atoms with van der Waals surface area (Å²) in [5.41, 5.74) is 3.23. The van der Waals surface area contributed by atoms with Crippen LogP contribution in [0, 0.1) is 6.92 Å². The lowest BCUT2D eigenvalue weighted by molar-refractivity contribution is 0.798. The highest BCUT2D eigenvalue weighted by atomic mass is 32.1. The van der Waals surface area contributed by atoms with Gasteiger partial charge in [-0.15, -0.1) is 11.3 Å². The molecule has 15 heavy (non-hydrogen) atoms. The molecule has 1 N–H and O–H groups in total. The molecule has 0 amide bonds. The predicted octanol–water partition coefficient (Wildman–Crippen LogP) is 2.23. The van der Waals surface area contributed by atoms with Gasteiger partial charge in [-0.1, -0.05) is 6.07 Å². The number of aryl methyl sites for hydroxylation is 1. The van der Waals surface area contributed by atoms with Gasteiger partial charge in [-0.3, -0.25) is 4.98 Å². The van der Waals surface area contributed by atoms with Crippen molar-refractivity contribution in [1.82, 2.24) is 15.3 Å². The van der Waals surface area contributed by atoms with Gasteiger partial charge in [0.05, 0.1) is 5.69 Å². The largest absolute Gasteiger partial charge is 0.314 e. The Balaban J connectivity index is 2.33. The molecule has 0 unspecified atom stereocenters. The van der Waals surface area contributed by atoms with Crippen LogP contribution in [0.15, 0.2) is 23.7 Å². The first-order valence-electron chi connectivity index (χ1n) is 4.82. The third kappa shape index (κ3) is 2.22. The van der Waals surface area contributed by atoms with Crippen molar-refractivity contribution in [1.29, 1.82) is 0 Å². The van der Waals surface area contributed by atoms with Crippen molar-refractivity contribution in [3.05, 3.63) is 35.0 Å². The lowest BCUT2D eigenvalue weighted by Gasteiger charge is -1.99. The molecule has 0 saturated heterocycles. The smallest absolute Gasteiger partial charge is 0.142 e. The molecule has 78 valence electrons. The summed E-state index contributed by atoms with van der Waals surface area (Å²) in [6.45, 7) is 2.86. The van der Waals surface area contributed by atoms with Gasteiger partial charge in [0.25, 0.3) is 0 Å². The molecule has 0 fully saturated rings. The fourth-order valence-corrected chi connectivity index (χ4v) is 2.27. The van der Waals surface area contributed by atoms with E-state index in [-0.39, 0.29) is 0 Å². The summed E-state index contributed by atoms with van der Waals surface area (Å²) in [6.07, 6.45) is 1.81. The van der Waals surface area contributed by atoms with E-state index in [0.717, 1.165) is 22.9 Å². The Morgan fingerprint density at radius 1 is 1.47 bits per heavy atom. The average molecular weight is 219 g/mol. The van der Waals surface area contributed by atoms with Crippen molar-refractivity contribution in [3.8, 4) is 10.7 Å². The standard InChI is InChI=1S/C11H13N3S/c1-8-4-3-5-13-10(8)11-14-9(6-12-2)7-15-11/h3-5,7,12H,6H2,1-2H3. The van der Waals surface area contributed by atoms with E-state index in [4.69, 9.17) is 0 Å². The second-order valence-corrected chi connectivity index (χ2v) is 4.20. The Kier molecular flexibility index (Phi) is 3.08. The zero-order valence-corrected chi connectivity index (χ0v) is 9.64. The third-order valence-corrected chi connectivity index (χ3v) is 3.02. The third-order valence-electron chi connectivity index (χ3n) is 2.12. The monoisotopic (exact) mass is 219 g/mol. The number of thiazole rings is 1. The summed E-state index contributed by atoms with van der Waals surface area (Å²) >= 11 is 1.64. The number of nitrogens with one attached hydrogen (secondary N) is 1. The van der Waals surface area contributed by atoms with Crippen LogP contribution < -0.4 is 5.32 Å². The first-order chi connectivity index (χ1) is 7.31. The molecular formula is C11H13N3S. The van der Waals surface area contributed by atoms with Crippen molar-refractivity contribution < 1.29 is 0 Å². The molecule has 0 aliphatic rings. The Labute approximate surface area is 93.2 Å². The van der Waals surface area contributed by atoms with E-state index in [1.165, 1.54) is 5.56 Å². The van der Waals surface area contributed by atoms with Crippen LogP contribution in [0.4, 0.5) is 0 Å². The summed E-state index contributed by atoms with van der Waals surface area (Å²) in [5, 5.41) is 6.16. The van der Waals surface area contributed by atoms with Crippen LogP contribution in [-0.4, -0.2) is 17.0 Å². The average Bonchev–Trinajstić information content (AvgIpc) is 2.68. The van der Waals surface area contributed by atoms with Crippen LogP contribution in [-0.2, 0) is 6.54 Å². The fraction of sp³-hybridized carbons (Fsp3) is 0.273. The van der Waals surface area contributed by atoms with Gasteiger partial charge in [-0.2, -0.15) is 0 Å². The van der Waals surface area contributed by atoms with Crippen molar-refractivity contribution >= 4 is 11.3 Å². The van der Waals surface area contributed by atoms with E-state index in [1.54, 1.807) is 11.3 Å². The molecule has 0 saturated carbocycles. The zero-order chi connectivity index (χ0) is 10.7. The molecule has 0 aliphatic heterocycles. The lowest BCUT2D eigenvalue weighted by atomic mass is 10.2. The molecule has 0 aliphatic carbocycles. The molecule has 2 rings (SSSR count). The van der Waals surface area contributed by atoms with E-state index in [0.29, 0.717) is 0 Å². The van der Waals surface area contributed by atoms with Crippen molar-refractivity contribution in [2.24, 2.45) is 0 Å². The molecular weight excluding hydrogens is 206 g/mol. The molecule has 2 heterocycles. The maximum absolute atomic E-state index is 4.52. The van der Waals surface area contributed by atoms with Gasteiger partial charge in [0.1, 0.15) is 10.7 Å². The summed E-state index contributed by atoms with van der Waals surface area (Å²) in [7, 11) is 1.92. The van der Waals surface area contributed by atoms with Gasteiger partial charge < -0.3 is 5.32 Å². The highest BCUT2D eigenvalue weighted by Gasteiger charge is 2.07. The fourth-order valence-electron chi connectivity index (χ4n) is 1.39. The van der Waals surface area contributed by atoms with E-state index in [2.05, 4.69) is 33.7 Å². The van der Waals surface area contributed by atoms with Gasteiger partial charge in [0.2, 0.25) is 0 Å². The van der Waals surface area contributed by atoms with Gasteiger partial charge in [-0.05, 0) is 25.6 Å². The van der Waals surface area contributed by atoms with Gasteiger partial charge in [0.15, 0.2) is 0 Å². The second kappa shape index (κ2) is 4.51. The Hall–Kier alpha value is -1.26. The molecule has 2 aromatic rings.